The zero-order valence-electron chi connectivity index (χ0n) is 10.0. The largest absolute Gasteiger partial charge is 0.352 e. The molecule has 4 heteroatoms. The maximum Gasteiger partial charge on any atom is 0.254 e. The lowest BCUT2D eigenvalue weighted by Gasteiger charge is -2.06. The molecule has 1 aromatic carbocycles. The zero-order chi connectivity index (χ0) is 12.7. The first-order chi connectivity index (χ1) is 8.15. The van der Waals surface area contributed by atoms with Gasteiger partial charge in [-0.1, -0.05) is 26.2 Å². The smallest absolute Gasteiger partial charge is 0.254 e. The number of amides is 1. The van der Waals surface area contributed by atoms with Gasteiger partial charge in [-0.25, -0.2) is 4.39 Å². The summed E-state index contributed by atoms with van der Waals surface area (Å²) >= 11 is 4.09. The fourth-order valence-electron chi connectivity index (χ4n) is 1.54. The standard InChI is InChI=1S/C13H18FNOS/c1-2-3-4-5-8-15-13(16)11-9-10(17)6-7-12(11)14/h6-7,9,17H,2-5,8H2,1H3,(H,15,16). The quantitative estimate of drug-likeness (QED) is 0.592. The van der Waals surface area contributed by atoms with Crippen molar-refractivity contribution in [3.8, 4) is 0 Å². The number of halogens is 1. The van der Waals surface area contributed by atoms with Crippen LogP contribution in [-0.4, -0.2) is 12.5 Å². The van der Waals surface area contributed by atoms with Crippen LogP contribution < -0.4 is 5.32 Å². The van der Waals surface area contributed by atoms with E-state index in [0.717, 1.165) is 25.7 Å². The minimum Gasteiger partial charge on any atom is -0.352 e. The Morgan fingerprint density at radius 2 is 2.12 bits per heavy atom. The molecule has 0 saturated heterocycles. The Labute approximate surface area is 107 Å². The molecule has 1 amide bonds. The van der Waals surface area contributed by atoms with E-state index in [1.54, 1.807) is 0 Å². The van der Waals surface area contributed by atoms with Crippen molar-refractivity contribution in [3.05, 3.63) is 29.6 Å². The highest BCUT2D eigenvalue weighted by Gasteiger charge is 2.10. The van der Waals surface area contributed by atoms with E-state index in [9.17, 15) is 9.18 Å². The van der Waals surface area contributed by atoms with Crippen molar-refractivity contribution in [2.45, 2.75) is 37.5 Å². The van der Waals surface area contributed by atoms with Crippen LogP contribution in [0.2, 0.25) is 0 Å². The lowest BCUT2D eigenvalue weighted by atomic mass is 10.2. The fourth-order valence-corrected chi connectivity index (χ4v) is 1.74. The number of benzene rings is 1. The third-order valence-corrected chi connectivity index (χ3v) is 2.79. The van der Waals surface area contributed by atoms with Gasteiger partial charge in [-0.2, -0.15) is 0 Å². The summed E-state index contributed by atoms with van der Waals surface area (Å²) in [5, 5.41) is 2.71. The first-order valence-electron chi connectivity index (χ1n) is 5.92. The van der Waals surface area contributed by atoms with Gasteiger partial charge in [0, 0.05) is 11.4 Å². The van der Waals surface area contributed by atoms with Gasteiger partial charge in [-0.15, -0.1) is 12.6 Å². The van der Waals surface area contributed by atoms with Gasteiger partial charge >= 0.3 is 0 Å². The van der Waals surface area contributed by atoms with Crippen molar-refractivity contribution < 1.29 is 9.18 Å². The number of nitrogens with one attached hydrogen (secondary N) is 1. The Morgan fingerprint density at radius 1 is 1.35 bits per heavy atom. The fraction of sp³-hybridized carbons (Fsp3) is 0.462. The molecule has 94 valence electrons. The van der Waals surface area contributed by atoms with Gasteiger partial charge in [0.2, 0.25) is 0 Å². The summed E-state index contributed by atoms with van der Waals surface area (Å²) in [7, 11) is 0. The van der Waals surface area contributed by atoms with E-state index in [-0.39, 0.29) is 11.5 Å². The number of unbranched alkanes of at least 4 members (excludes halogenated alkanes) is 3. The van der Waals surface area contributed by atoms with E-state index in [2.05, 4.69) is 24.9 Å². The van der Waals surface area contributed by atoms with Gasteiger partial charge in [0.1, 0.15) is 5.82 Å². The van der Waals surface area contributed by atoms with Crippen LogP contribution in [0.5, 0.6) is 0 Å². The van der Waals surface area contributed by atoms with Crippen molar-refractivity contribution in [2.24, 2.45) is 0 Å². The number of thiol groups is 1. The van der Waals surface area contributed by atoms with Crippen LogP contribution in [0.25, 0.3) is 0 Å². The second-order valence-electron chi connectivity index (χ2n) is 3.98. The monoisotopic (exact) mass is 255 g/mol. The molecule has 0 aliphatic heterocycles. The Kier molecular flexibility index (Phi) is 6.05. The minimum atomic E-state index is -0.506. The first kappa shape index (κ1) is 14.0. The summed E-state index contributed by atoms with van der Waals surface area (Å²) in [5.41, 5.74) is 0.0630. The van der Waals surface area contributed by atoms with Crippen molar-refractivity contribution in [1.82, 2.24) is 5.32 Å². The number of rotatable bonds is 6. The Morgan fingerprint density at radius 3 is 2.82 bits per heavy atom. The molecule has 1 aromatic rings. The van der Waals surface area contributed by atoms with E-state index in [1.807, 2.05) is 0 Å². The molecule has 0 radical (unpaired) electrons. The summed E-state index contributed by atoms with van der Waals surface area (Å²) < 4.78 is 13.4. The molecular formula is C13H18FNOS. The van der Waals surface area contributed by atoms with Crippen molar-refractivity contribution in [3.63, 3.8) is 0 Å². The highest BCUT2D eigenvalue weighted by atomic mass is 32.1. The van der Waals surface area contributed by atoms with Gasteiger partial charge in [-0.05, 0) is 24.6 Å². The number of carbonyl (C=O) groups excluding carboxylic acids is 1. The third-order valence-electron chi connectivity index (χ3n) is 2.51. The molecule has 0 aliphatic rings. The van der Waals surface area contributed by atoms with Gasteiger partial charge in [-0.3, -0.25) is 4.79 Å². The average molecular weight is 255 g/mol. The molecule has 0 unspecified atom stereocenters. The summed E-state index contributed by atoms with van der Waals surface area (Å²) in [6.07, 6.45) is 4.34. The molecule has 0 heterocycles. The highest BCUT2D eigenvalue weighted by Crippen LogP contribution is 2.13. The van der Waals surface area contributed by atoms with E-state index < -0.39 is 5.82 Å². The third kappa shape index (κ3) is 4.77. The molecule has 1 N–H and O–H groups in total. The molecule has 0 fully saturated rings. The van der Waals surface area contributed by atoms with E-state index >= 15 is 0 Å². The first-order valence-corrected chi connectivity index (χ1v) is 6.36. The molecule has 0 aliphatic carbocycles. The van der Waals surface area contributed by atoms with Crippen molar-refractivity contribution in [2.75, 3.05) is 6.54 Å². The SMILES string of the molecule is CCCCCCNC(=O)c1cc(S)ccc1F. The van der Waals surface area contributed by atoms with Crippen LogP contribution in [0.4, 0.5) is 4.39 Å². The minimum absolute atomic E-state index is 0.0630. The van der Waals surface area contributed by atoms with Crippen LogP contribution >= 0.6 is 12.6 Å². The van der Waals surface area contributed by atoms with Crippen LogP contribution in [0.3, 0.4) is 0 Å². The molecule has 0 spiro atoms. The number of carbonyl (C=O) groups is 1. The molecule has 0 atom stereocenters. The zero-order valence-corrected chi connectivity index (χ0v) is 10.9. The highest BCUT2D eigenvalue weighted by molar-refractivity contribution is 7.80. The predicted molar refractivity (Wildman–Crippen MR) is 70.1 cm³/mol. The molecule has 2 nitrogen and oxygen atoms in total. The molecule has 17 heavy (non-hydrogen) atoms. The summed E-state index contributed by atoms with van der Waals surface area (Å²) in [6.45, 7) is 2.72. The van der Waals surface area contributed by atoms with Crippen LogP contribution in [0.1, 0.15) is 43.0 Å². The molecule has 0 saturated carbocycles. The summed E-state index contributed by atoms with van der Waals surface area (Å²) in [6, 6.07) is 4.23. The lowest BCUT2D eigenvalue weighted by molar-refractivity contribution is 0.0948. The molecule has 0 bridgehead atoms. The lowest BCUT2D eigenvalue weighted by Crippen LogP contribution is -2.25. The predicted octanol–water partition coefficient (Wildman–Crippen LogP) is 3.42. The van der Waals surface area contributed by atoms with Gasteiger partial charge < -0.3 is 5.32 Å². The number of hydrogen-bond donors (Lipinski definition) is 2. The number of hydrogen-bond acceptors (Lipinski definition) is 2. The summed E-state index contributed by atoms with van der Waals surface area (Å²) in [4.78, 5) is 12.3. The van der Waals surface area contributed by atoms with Crippen molar-refractivity contribution in [1.29, 1.82) is 0 Å². The van der Waals surface area contributed by atoms with E-state index in [1.165, 1.54) is 18.2 Å². The average Bonchev–Trinajstić information content (AvgIpc) is 2.32. The Bertz CT molecular complexity index is 382. The normalized spacial score (nSPS) is 10.3. The van der Waals surface area contributed by atoms with Crippen LogP contribution in [0, 0.1) is 5.82 Å². The summed E-state index contributed by atoms with van der Waals surface area (Å²) in [5.74, 6) is -0.872. The van der Waals surface area contributed by atoms with E-state index in [0.29, 0.717) is 11.4 Å². The Balaban J connectivity index is 2.44. The molecule has 1 rings (SSSR count). The van der Waals surface area contributed by atoms with Gasteiger partial charge in [0.05, 0.1) is 5.56 Å². The van der Waals surface area contributed by atoms with Crippen LogP contribution in [0.15, 0.2) is 23.1 Å². The topological polar surface area (TPSA) is 29.1 Å². The second kappa shape index (κ2) is 7.33. The van der Waals surface area contributed by atoms with E-state index in [4.69, 9.17) is 0 Å². The van der Waals surface area contributed by atoms with Crippen LogP contribution in [-0.2, 0) is 0 Å². The molecular weight excluding hydrogens is 237 g/mol. The molecule has 0 aromatic heterocycles. The second-order valence-corrected chi connectivity index (χ2v) is 4.50. The van der Waals surface area contributed by atoms with Gasteiger partial charge in [0.25, 0.3) is 5.91 Å². The Hall–Kier alpha value is -1.03. The maximum absolute atomic E-state index is 13.4. The maximum atomic E-state index is 13.4. The van der Waals surface area contributed by atoms with Crippen molar-refractivity contribution >= 4 is 18.5 Å². The van der Waals surface area contributed by atoms with Gasteiger partial charge in [0.15, 0.2) is 0 Å².